The van der Waals surface area contributed by atoms with E-state index in [1.807, 2.05) is 67.6 Å². The summed E-state index contributed by atoms with van der Waals surface area (Å²) in [6.45, 7) is 7.99. The number of rotatable bonds is 7. The maximum absolute atomic E-state index is 12.7. The van der Waals surface area contributed by atoms with Gasteiger partial charge in [-0.25, -0.2) is 4.79 Å². The summed E-state index contributed by atoms with van der Waals surface area (Å²) in [5.41, 5.74) is 2.47. The topological polar surface area (TPSA) is 70.4 Å². The lowest BCUT2D eigenvalue weighted by molar-refractivity contribution is -0.149. The number of anilines is 1. The van der Waals surface area contributed by atoms with E-state index in [9.17, 15) is 14.9 Å². The Balaban J connectivity index is 2.11. The smallest absolute Gasteiger partial charge is 0.349 e. The lowest BCUT2D eigenvalue weighted by Gasteiger charge is -2.24. The van der Waals surface area contributed by atoms with Crippen molar-refractivity contribution in [3.05, 3.63) is 71.3 Å². The molecule has 0 saturated carbocycles. The van der Waals surface area contributed by atoms with E-state index in [4.69, 9.17) is 4.74 Å². The molecule has 0 saturated heterocycles. The summed E-state index contributed by atoms with van der Waals surface area (Å²) in [6.07, 6.45) is 0.459. The first-order chi connectivity index (χ1) is 13.9. The zero-order valence-electron chi connectivity index (χ0n) is 17.3. The van der Waals surface area contributed by atoms with Crippen LogP contribution in [0.2, 0.25) is 0 Å². The predicted octanol–water partition coefficient (Wildman–Crippen LogP) is 4.70. The Morgan fingerprint density at radius 3 is 2.21 bits per heavy atom. The van der Waals surface area contributed by atoms with Crippen molar-refractivity contribution in [1.82, 2.24) is 0 Å². The van der Waals surface area contributed by atoms with Crippen LogP contribution < -0.4 is 4.90 Å². The third kappa shape index (κ3) is 5.79. The summed E-state index contributed by atoms with van der Waals surface area (Å²) >= 11 is 0. The summed E-state index contributed by atoms with van der Waals surface area (Å²) in [5, 5.41) is 9.37. The minimum absolute atomic E-state index is 0.148. The van der Waals surface area contributed by atoms with Crippen LogP contribution in [0.25, 0.3) is 6.08 Å². The van der Waals surface area contributed by atoms with Crippen molar-refractivity contribution in [1.29, 1.82) is 5.26 Å². The summed E-state index contributed by atoms with van der Waals surface area (Å²) in [5.74, 6) is -0.762. The SMILES string of the molecule is CCN(C(=O)[C@@H](C)OC(=O)/C(C#N)=C/c1ccc(C(C)C)cc1)c1ccccc1. The van der Waals surface area contributed by atoms with Gasteiger partial charge in [0.1, 0.15) is 11.6 Å². The molecule has 0 aliphatic heterocycles. The van der Waals surface area contributed by atoms with Crippen LogP contribution in [0.4, 0.5) is 5.69 Å². The lowest BCUT2D eigenvalue weighted by Crippen LogP contribution is -2.40. The van der Waals surface area contributed by atoms with Crippen molar-refractivity contribution in [2.45, 2.75) is 39.7 Å². The van der Waals surface area contributed by atoms with Crippen molar-refractivity contribution in [3.8, 4) is 6.07 Å². The van der Waals surface area contributed by atoms with Crippen LogP contribution in [-0.2, 0) is 14.3 Å². The molecule has 0 radical (unpaired) electrons. The molecule has 0 N–H and O–H groups in total. The van der Waals surface area contributed by atoms with Gasteiger partial charge in [-0.1, -0.05) is 56.3 Å². The molecule has 0 spiro atoms. The van der Waals surface area contributed by atoms with Crippen molar-refractivity contribution >= 4 is 23.6 Å². The Morgan fingerprint density at radius 1 is 1.07 bits per heavy atom. The molecule has 2 aromatic carbocycles. The Kier molecular flexibility index (Phi) is 7.73. The number of esters is 1. The highest BCUT2D eigenvalue weighted by Crippen LogP contribution is 2.18. The zero-order valence-corrected chi connectivity index (χ0v) is 17.3. The van der Waals surface area contributed by atoms with Crippen LogP contribution in [0.5, 0.6) is 0 Å². The van der Waals surface area contributed by atoms with Crippen LogP contribution in [0.1, 0.15) is 44.7 Å². The minimum Gasteiger partial charge on any atom is -0.448 e. The number of benzene rings is 2. The van der Waals surface area contributed by atoms with E-state index >= 15 is 0 Å². The van der Waals surface area contributed by atoms with Crippen LogP contribution >= 0.6 is 0 Å². The number of nitrogens with zero attached hydrogens (tertiary/aromatic N) is 2. The van der Waals surface area contributed by atoms with E-state index in [2.05, 4.69) is 13.8 Å². The minimum atomic E-state index is -1.01. The molecule has 0 unspecified atom stereocenters. The molecule has 0 fully saturated rings. The molecule has 0 heterocycles. The van der Waals surface area contributed by atoms with Gasteiger partial charge in [0.25, 0.3) is 5.91 Å². The van der Waals surface area contributed by atoms with Gasteiger partial charge in [-0.05, 0) is 49.1 Å². The van der Waals surface area contributed by atoms with Crippen LogP contribution in [0.3, 0.4) is 0 Å². The number of para-hydroxylation sites is 1. The summed E-state index contributed by atoms with van der Waals surface area (Å²) in [4.78, 5) is 26.7. The average molecular weight is 390 g/mol. The zero-order chi connectivity index (χ0) is 21.4. The third-order valence-electron chi connectivity index (χ3n) is 4.54. The summed E-state index contributed by atoms with van der Waals surface area (Å²) < 4.78 is 5.28. The molecule has 5 nitrogen and oxygen atoms in total. The number of carbonyl (C=O) groups excluding carboxylic acids is 2. The highest BCUT2D eigenvalue weighted by atomic mass is 16.5. The monoisotopic (exact) mass is 390 g/mol. The normalized spacial score (nSPS) is 12.2. The number of amides is 1. The van der Waals surface area contributed by atoms with E-state index in [-0.39, 0.29) is 11.5 Å². The van der Waals surface area contributed by atoms with Gasteiger partial charge in [-0.2, -0.15) is 5.26 Å². The lowest BCUT2D eigenvalue weighted by atomic mass is 10.0. The summed E-state index contributed by atoms with van der Waals surface area (Å²) in [7, 11) is 0. The molecule has 1 amide bonds. The fourth-order valence-electron chi connectivity index (χ4n) is 2.85. The third-order valence-corrected chi connectivity index (χ3v) is 4.54. The Bertz CT molecular complexity index is 909. The number of hydrogen-bond donors (Lipinski definition) is 0. The number of ether oxygens (including phenoxy) is 1. The first-order valence-electron chi connectivity index (χ1n) is 9.66. The molecule has 2 aromatic rings. The predicted molar refractivity (Wildman–Crippen MR) is 114 cm³/mol. The number of carbonyl (C=O) groups is 2. The number of hydrogen-bond acceptors (Lipinski definition) is 4. The van der Waals surface area contributed by atoms with E-state index in [0.717, 1.165) is 11.3 Å². The maximum atomic E-state index is 12.7. The van der Waals surface area contributed by atoms with Crippen LogP contribution in [0, 0.1) is 11.3 Å². The molecule has 0 aromatic heterocycles. The van der Waals surface area contributed by atoms with Crippen molar-refractivity contribution in [3.63, 3.8) is 0 Å². The van der Waals surface area contributed by atoms with Crippen molar-refractivity contribution in [2.24, 2.45) is 0 Å². The van der Waals surface area contributed by atoms with Gasteiger partial charge in [0.05, 0.1) is 0 Å². The molecule has 1 atom stereocenters. The summed E-state index contributed by atoms with van der Waals surface area (Å²) in [6, 6.07) is 18.7. The Morgan fingerprint density at radius 2 is 1.69 bits per heavy atom. The maximum Gasteiger partial charge on any atom is 0.349 e. The van der Waals surface area contributed by atoms with Gasteiger partial charge in [0.15, 0.2) is 6.10 Å². The first kappa shape index (κ1) is 21.9. The molecule has 2 rings (SSSR count). The number of nitriles is 1. The van der Waals surface area contributed by atoms with Gasteiger partial charge in [0.2, 0.25) is 0 Å². The Labute approximate surface area is 172 Å². The standard InChI is InChI=1S/C24H26N2O3/c1-5-26(22-9-7-6-8-10-22)23(27)18(4)29-24(28)21(16-25)15-19-11-13-20(14-12-19)17(2)3/h6-15,17-18H,5H2,1-4H3/b21-15+/t18-/m1/s1. The highest BCUT2D eigenvalue weighted by molar-refractivity contribution is 6.01. The van der Waals surface area contributed by atoms with E-state index in [1.54, 1.807) is 4.90 Å². The van der Waals surface area contributed by atoms with Gasteiger partial charge in [-0.15, -0.1) is 0 Å². The second-order valence-corrected chi connectivity index (χ2v) is 6.96. The van der Waals surface area contributed by atoms with Gasteiger partial charge in [-0.3, -0.25) is 4.79 Å². The quantitative estimate of drug-likeness (QED) is 0.390. The largest absolute Gasteiger partial charge is 0.448 e. The second-order valence-electron chi connectivity index (χ2n) is 6.96. The molecule has 0 aliphatic rings. The fourth-order valence-corrected chi connectivity index (χ4v) is 2.85. The molecule has 0 bridgehead atoms. The second kappa shape index (κ2) is 10.2. The fraction of sp³-hybridized carbons (Fsp3) is 0.292. The molecular formula is C24H26N2O3. The molecule has 150 valence electrons. The van der Waals surface area contributed by atoms with E-state index in [1.165, 1.54) is 18.6 Å². The molecular weight excluding hydrogens is 364 g/mol. The Hall–Kier alpha value is -3.39. The van der Waals surface area contributed by atoms with Crippen LogP contribution in [-0.4, -0.2) is 24.5 Å². The van der Waals surface area contributed by atoms with Crippen molar-refractivity contribution in [2.75, 3.05) is 11.4 Å². The van der Waals surface area contributed by atoms with E-state index in [0.29, 0.717) is 12.5 Å². The van der Waals surface area contributed by atoms with E-state index < -0.39 is 12.1 Å². The van der Waals surface area contributed by atoms with Gasteiger partial charge < -0.3 is 9.64 Å². The van der Waals surface area contributed by atoms with Crippen LogP contribution in [0.15, 0.2) is 60.2 Å². The van der Waals surface area contributed by atoms with Gasteiger partial charge in [0, 0.05) is 12.2 Å². The first-order valence-corrected chi connectivity index (χ1v) is 9.66. The average Bonchev–Trinajstić information content (AvgIpc) is 2.73. The molecule has 29 heavy (non-hydrogen) atoms. The van der Waals surface area contributed by atoms with Crippen molar-refractivity contribution < 1.29 is 14.3 Å². The molecule has 0 aliphatic carbocycles. The number of likely N-dealkylation sites (N-methyl/N-ethyl adjacent to an activating group) is 1. The van der Waals surface area contributed by atoms with Gasteiger partial charge >= 0.3 is 5.97 Å². The molecule has 5 heteroatoms. The highest BCUT2D eigenvalue weighted by Gasteiger charge is 2.25.